The van der Waals surface area contributed by atoms with Crippen LogP contribution in [-0.2, 0) is 9.53 Å². The molecule has 0 aromatic carbocycles. The Morgan fingerprint density at radius 1 is 1.38 bits per heavy atom. The molecule has 34 heavy (non-hydrogen) atoms. The third-order valence-electron chi connectivity index (χ3n) is 6.82. The van der Waals surface area contributed by atoms with Gasteiger partial charge in [0.1, 0.15) is 12.5 Å². The number of nitrogens with zero attached hydrogens (tertiary/aromatic N) is 3. The largest absolute Gasteiger partial charge is 0.365 e. The van der Waals surface area contributed by atoms with E-state index in [1.165, 1.54) is 5.57 Å². The summed E-state index contributed by atoms with van der Waals surface area (Å²) in [5, 5.41) is 23.3. The fourth-order valence-electron chi connectivity index (χ4n) is 4.51. The Bertz CT molecular complexity index is 924. The number of aliphatic hydroxyl groups is 1. The summed E-state index contributed by atoms with van der Waals surface area (Å²) in [4.78, 5) is 17.5. The van der Waals surface area contributed by atoms with Gasteiger partial charge in [0.05, 0.1) is 17.5 Å². The Kier molecular flexibility index (Phi) is 9.11. The number of nitrogens with two attached hydrogens (primary N) is 1. The first-order chi connectivity index (χ1) is 16.2. The van der Waals surface area contributed by atoms with Gasteiger partial charge < -0.3 is 20.4 Å². The molecule has 2 aliphatic rings. The maximum Gasteiger partial charge on any atom is 0.164 e. The third kappa shape index (κ3) is 6.59. The van der Waals surface area contributed by atoms with Crippen LogP contribution in [0.25, 0.3) is 5.57 Å². The molecule has 1 aromatic heterocycles. The molecule has 4 N–H and O–H groups in total. The molecule has 0 amide bonds. The molecule has 0 radical (unpaired) electrons. The minimum absolute atomic E-state index is 0.0470. The van der Waals surface area contributed by atoms with Crippen molar-refractivity contribution in [1.82, 2.24) is 15.2 Å². The lowest BCUT2D eigenvalue weighted by molar-refractivity contribution is -0.130. The molecule has 3 unspecified atom stereocenters. The van der Waals surface area contributed by atoms with E-state index in [9.17, 15) is 15.2 Å². The summed E-state index contributed by atoms with van der Waals surface area (Å²) < 4.78 is 5.86. The van der Waals surface area contributed by atoms with Gasteiger partial charge in [-0.1, -0.05) is 17.7 Å². The van der Waals surface area contributed by atoms with Gasteiger partial charge in [-0.15, -0.1) is 0 Å². The molecule has 0 fully saturated rings. The zero-order valence-electron chi connectivity index (χ0n) is 20.4. The van der Waals surface area contributed by atoms with E-state index in [2.05, 4.69) is 22.4 Å². The molecular formula is C26H37N5O3. The first-order valence-corrected chi connectivity index (χ1v) is 12.0. The summed E-state index contributed by atoms with van der Waals surface area (Å²) in [5.41, 5.74) is 8.81. The predicted octanol–water partition coefficient (Wildman–Crippen LogP) is 2.57. The number of nitrogens with one attached hydrogen (secondary N) is 1. The molecule has 2 aliphatic carbocycles. The van der Waals surface area contributed by atoms with Crippen LogP contribution < -0.4 is 11.1 Å². The number of hydrogen-bond donors (Lipinski definition) is 3. The minimum atomic E-state index is -1.00. The molecule has 8 nitrogen and oxygen atoms in total. The number of aldehydes is 1. The quantitative estimate of drug-likeness (QED) is 0.185. The number of ether oxygens (including phenoxy) is 1. The number of carbonyl (C=O) groups is 1. The summed E-state index contributed by atoms with van der Waals surface area (Å²) in [6.45, 7) is 6.40. The lowest BCUT2D eigenvalue weighted by Crippen LogP contribution is -2.58. The number of aliphatic hydroxyl groups excluding tert-OH is 1. The van der Waals surface area contributed by atoms with E-state index in [0.29, 0.717) is 19.6 Å². The van der Waals surface area contributed by atoms with E-state index >= 15 is 0 Å². The highest BCUT2D eigenvalue weighted by atomic mass is 16.5. The lowest BCUT2D eigenvalue weighted by Gasteiger charge is -2.40. The minimum Gasteiger partial charge on any atom is -0.365 e. The highest BCUT2D eigenvalue weighted by Gasteiger charge is 2.33. The highest BCUT2D eigenvalue weighted by molar-refractivity contribution is 5.70. The van der Waals surface area contributed by atoms with Crippen molar-refractivity contribution in [2.75, 3.05) is 13.2 Å². The van der Waals surface area contributed by atoms with E-state index < -0.39 is 11.9 Å². The highest BCUT2D eigenvalue weighted by Crippen LogP contribution is 2.35. The normalized spacial score (nSPS) is 24.4. The summed E-state index contributed by atoms with van der Waals surface area (Å²) in [6.07, 6.45) is 10.2. The smallest absolute Gasteiger partial charge is 0.164 e. The van der Waals surface area contributed by atoms with Gasteiger partial charge in [-0.25, -0.2) is 0 Å². The predicted molar refractivity (Wildman–Crippen MR) is 131 cm³/mol. The van der Waals surface area contributed by atoms with Crippen LogP contribution in [0.3, 0.4) is 0 Å². The van der Waals surface area contributed by atoms with Gasteiger partial charge in [-0.3, -0.25) is 15.2 Å². The van der Waals surface area contributed by atoms with E-state index in [1.54, 1.807) is 31.1 Å². The fourth-order valence-corrected chi connectivity index (χ4v) is 4.51. The monoisotopic (exact) mass is 467 g/mol. The zero-order chi connectivity index (χ0) is 24.7. The van der Waals surface area contributed by atoms with Crippen molar-refractivity contribution in [3.05, 3.63) is 47.8 Å². The van der Waals surface area contributed by atoms with Crippen LogP contribution in [0.4, 0.5) is 0 Å². The van der Waals surface area contributed by atoms with E-state index in [-0.39, 0.29) is 24.1 Å². The summed E-state index contributed by atoms with van der Waals surface area (Å²) in [7, 11) is 0. The summed E-state index contributed by atoms with van der Waals surface area (Å²) in [5.74, 6) is 0.113. The van der Waals surface area contributed by atoms with Gasteiger partial charge in [0, 0.05) is 37.5 Å². The van der Waals surface area contributed by atoms with Crippen LogP contribution in [0.1, 0.15) is 52.0 Å². The first-order valence-electron chi connectivity index (χ1n) is 12.0. The van der Waals surface area contributed by atoms with Gasteiger partial charge in [-0.05, 0) is 69.7 Å². The van der Waals surface area contributed by atoms with Crippen LogP contribution >= 0.6 is 0 Å². The average molecular weight is 468 g/mol. The number of carbonyl (C=O) groups excluding carboxylic acids is 1. The summed E-state index contributed by atoms with van der Waals surface area (Å²) >= 11 is 0. The van der Waals surface area contributed by atoms with E-state index in [1.807, 2.05) is 25.1 Å². The van der Waals surface area contributed by atoms with Gasteiger partial charge in [0.25, 0.3) is 0 Å². The van der Waals surface area contributed by atoms with Crippen LogP contribution in [-0.4, -0.2) is 58.6 Å². The van der Waals surface area contributed by atoms with Crippen molar-refractivity contribution >= 4 is 11.9 Å². The molecule has 0 spiro atoms. The van der Waals surface area contributed by atoms with Crippen LogP contribution in [0, 0.1) is 23.2 Å². The first kappa shape index (κ1) is 26.2. The molecule has 8 heteroatoms. The number of allylic oxidation sites excluding steroid dienone is 2. The topological polar surface area (TPSA) is 124 Å². The molecule has 1 aromatic rings. The Morgan fingerprint density at radius 3 is 2.71 bits per heavy atom. The number of rotatable bonds is 12. The van der Waals surface area contributed by atoms with Crippen molar-refractivity contribution in [2.45, 2.75) is 70.6 Å². The average Bonchev–Trinajstić information content (AvgIpc) is 2.78. The van der Waals surface area contributed by atoms with Crippen LogP contribution in [0.15, 0.2) is 42.3 Å². The van der Waals surface area contributed by atoms with Gasteiger partial charge in [0.2, 0.25) is 0 Å². The number of pyridine rings is 1. The van der Waals surface area contributed by atoms with Crippen molar-refractivity contribution in [1.29, 1.82) is 5.26 Å². The van der Waals surface area contributed by atoms with Gasteiger partial charge in [0.15, 0.2) is 6.35 Å². The fraction of sp³-hybridized carbons (Fsp3) is 0.577. The Morgan fingerprint density at radius 2 is 2.09 bits per heavy atom. The van der Waals surface area contributed by atoms with Crippen LogP contribution in [0.2, 0.25) is 0 Å². The molecule has 184 valence electrons. The zero-order valence-corrected chi connectivity index (χ0v) is 20.4. The molecule has 5 atom stereocenters. The van der Waals surface area contributed by atoms with E-state index in [0.717, 1.165) is 36.7 Å². The van der Waals surface area contributed by atoms with Crippen molar-refractivity contribution < 1.29 is 14.6 Å². The summed E-state index contributed by atoms with van der Waals surface area (Å²) in [6, 6.07) is 6.24. The van der Waals surface area contributed by atoms with E-state index in [4.69, 9.17) is 10.5 Å². The molecule has 0 aliphatic heterocycles. The van der Waals surface area contributed by atoms with Crippen molar-refractivity contribution in [2.24, 2.45) is 17.6 Å². The number of nitriles is 1. The standard InChI is InChI=1S/C26H37N5O3/c1-18-13-23(6-5-20(18)16-27)30-25(33)31(26(2,3)17-32)11-4-12-34-24(28)22-14-21(15-22)19-7-9-29-10-8-19/h7-10,13-14,17,20,22-25,30,33H,4-6,11-12,15,28H2,1-3H3/t20-,22?,23-,24?,25?/m0/s1. The SMILES string of the molecule is CC1=C[C@@H](NC(O)N(CCCOC(N)C2C=C(c3ccncc3)C2)C(C)(C)C=O)CC[C@H]1C#N. The second-order valence-electron chi connectivity index (χ2n) is 9.77. The lowest BCUT2D eigenvalue weighted by atomic mass is 9.82. The van der Waals surface area contributed by atoms with Gasteiger partial charge >= 0.3 is 0 Å². The maximum atomic E-state index is 11.7. The third-order valence-corrected chi connectivity index (χ3v) is 6.82. The van der Waals surface area contributed by atoms with Crippen molar-refractivity contribution in [3.63, 3.8) is 0 Å². The Labute approximate surface area is 202 Å². The van der Waals surface area contributed by atoms with Crippen LogP contribution in [0.5, 0.6) is 0 Å². The Balaban J connectivity index is 1.48. The number of hydrogen-bond acceptors (Lipinski definition) is 8. The molecule has 3 rings (SSSR count). The second-order valence-corrected chi connectivity index (χ2v) is 9.77. The van der Waals surface area contributed by atoms with Gasteiger partial charge in [-0.2, -0.15) is 5.26 Å². The molecule has 0 bridgehead atoms. The van der Waals surface area contributed by atoms with Crippen molar-refractivity contribution in [3.8, 4) is 6.07 Å². The molecule has 1 heterocycles. The number of aromatic nitrogens is 1. The molecule has 0 saturated heterocycles. The second kappa shape index (κ2) is 11.8. The maximum absolute atomic E-state index is 11.7. The molecular weight excluding hydrogens is 430 g/mol. The Hall–Kier alpha value is -2.41. The molecule has 0 saturated carbocycles.